The zero-order valence-corrected chi connectivity index (χ0v) is 24.8. The summed E-state index contributed by atoms with van der Waals surface area (Å²) in [4.78, 5) is 0.175. The molecule has 0 saturated carbocycles. The van der Waals surface area contributed by atoms with Gasteiger partial charge in [0.05, 0.1) is 4.90 Å². The Morgan fingerprint density at radius 2 is 1.78 bits per heavy atom. The lowest BCUT2D eigenvalue weighted by Gasteiger charge is -2.32. The molecule has 1 aliphatic heterocycles. The van der Waals surface area contributed by atoms with Crippen molar-refractivity contribution < 1.29 is 17.9 Å². The molecule has 0 spiro atoms. The molecule has 2 aliphatic carbocycles. The summed E-state index contributed by atoms with van der Waals surface area (Å²) in [6.07, 6.45) is 11.7. The van der Waals surface area contributed by atoms with E-state index in [4.69, 9.17) is 20.3 Å². The number of ether oxygens (including phenoxy) is 2. The number of allylic oxidation sites excluding steroid dienone is 4. The lowest BCUT2D eigenvalue weighted by Crippen LogP contribution is -2.41. The van der Waals surface area contributed by atoms with E-state index in [-0.39, 0.29) is 33.8 Å². The summed E-state index contributed by atoms with van der Waals surface area (Å²) >= 11 is 0. The van der Waals surface area contributed by atoms with Crippen molar-refractivity contribution in [2.45, 2.75) is 51.3 Å². The minimum Gasteiger partial charge on any atom is -0.461 e. The highest BCUT2D eigenvalue weighted by Gasteiger charge is 2.33. The average molecular weight is 575 g/mol. The molecular formula is C32H38N4O4S. The average Bonchev–Trinajstić information content (AvgIpc) is 3.55. The van der Waals surface area contributed by atoms with E-state index in [0.29, 0.717) is 38.3 Å². The van der Waals surface area contributed by atoms with Crippen LogP contribution in [0.15, 0.2) is 59.5 Å². The van der Waals surface area contributed by atoms with Crippen molar-refractivity contribution in [3.63, 3.8) is 0 Å². The molecule has 0 amide bonds. The Bertz CT molecular complexity index is 1650. The molecule has 0 bridgehead atoms. The summed E-state index contributed by atoms with van der Waals surface area (Å²) in [7, 11) is -3.65. The fraction of sp³-hybridized carbons (Fsp3) is 0.375. The smallest absolute Gasteiger partial charge is 0.240 e. The Morgan fingerprint density at radius 3 is 2.44 bits per heavy atom. The fourth-order valence-corrected chi connectivity index (χ4v) is 6.59. The van der Waals surface area contributed by atoms with Crippen molar-refractivity contribution in [2.24, 2.45) is 11.3 Å². The van der Waals surface area contributed by atoms with E-state index >= 15 is 0 Å². The second-order valence-electron chi connectivity index (χ2n) is 11.6. The fourth-order valence-electron chi connectivity index (χ4n) is 5.51. The molecule has 2 aromatic rings. The van der Waals surface area contributed by atoms with Gasteiger partial charge in [-0.25, -0.2) is 13.1 Å². The second-order valence-corrected chi connectivity index (χ2v) is 13.4. The maximum atomic E-state index is 12.8. The molecule has 3 aliphatic rings. The van der Waals surface area contributed by atoms with Crippen LogP contribution < -0.4 is 25.2 Å². The van der Waals surface area contributed by atoms with Crippen LogP contribution in [0, 0.1) is 22.2 Å². The van der Waals surface area contributed by atoms with Crippen molar-refractivity contribution in [3.8, 4) is 5.75 Å². The second kappa shape index (κ2) is 11.4. The summed E-state index contributed by atoms with van der Waals surface area (Å²) in [6.45, 7) is 9.93. The predicted molar refractivity (Wildman–Crippen MR) is 162 cm³/mol. The number of sulfonamides is 1. The van der Waals surface area contributed by atoms with Crippen molar-refractivity contribution >= 4 is 33.5 Å². The maximum Gasteiger partial charge on any atom is 0.240 e. The lowest BCUT2D eigenvalue weighted by atomic mass is 9.74. The lowest BCUT2D eigenvalue weighted by molar-refractivity contribution is 0.146. The third kappa shape index (κ3) is 5.93. The van der Waals surface area contributed by atoms with Gasteiger partial charge in [0.25, 0.3) is 0 Å². The summed E-state index contributed by atoms with van der Waals surface area (Å²) in [5.74, 6) is 1.90. The van der Waals surface area contributed by atoms with Crippen molar-refractivity contribution in [3.05, 3.63) is 81.8 Å². The number of nitrogens with one attached hydrogen (secondary N) is 4. The first-order valence-electron chi connectivity index (χ1n) is 14.1. The maximum absolute atomic E-state index is 12.8. The highest BCUT2D eigenvalue weighted by molar-refractivity contribution is 7.89. The van der Waals surface area contributed by atoms with Gasteiger partial charge in [0.1, 0.15) is 23.2 Å². The van der Waals surface area contributed by atoms with Crippen LogP contribution in [0.1, 0.15) is 63.1 Å². The summed E-state index contributed by atoms with van der Waals surface area (Å²) in [5.41, 5.74) is 2.38. The third-order valence-electron chi connectivity index (χ3n) is 7.76. The van der Waals surface area contributed by atoms with Gasteiger partial charge in [0.2, 0.25) is 10.0 Å². The van der Waals surface area contributed by atoms with E-state index in [2.05, 4.69) is 49.0 Å². The highest BCUT2D eigenvalue weighted by atomic mass is 32.2. The molecule has 1 atom stereocenters. The van der Waals surface area contributed by atoms with Crippen LogP contribution in [-0.4, -0.2) is 39.8 Å². The van der Waals surface area contributed by atoms with E-state index in [1.54, 1.807) is 24.3 Å². The monoisotopic (exact) mass is 574 g/mol. The third-order valence-corrected chi connectivity index (χ3v) is 9.24. The zero-order chi connectivity index (χ0) is 29.4. The van der Waals surface area contributed by atoms with Crippen LogP contribution in [0.5, 0.6) is 5.75 Å². The van der Waals surface area contributed by atoms with Gasteiger partial charge in [0.15, 0.2) is 0 Å². The Balaban J connectivity index is 1.56. The molecule has 1 unspecified atom stereocenters. The molecule has 0 aromatic heterocycles. The molecule has 0 fully saturated rings. The van der Waals surface area contributed by atoms with E-state index < -0.39 is 10.0 Å². The van der Waals surface area contributed by atoms with Gasteiger partial charge in [-0.3, -0.25) is 10.8 Å². The molecule has 0 saturated heterocycles. The van der Waals surface area contributed by atoms with Gasteiger partial charge in [-0.2, -0.15) is 0 Å². The van der Waals surface area contributed by atoms with Crippen LogP contribution in [0.25, 0.3) is 11.8 Å². The molecule has 2 aromatic carbocycles. The van der Waals surface area contributed by atoms with E-state index in [1.807, 2.05) is 25.1 Å². The molecular weight excluding hydrogens is 536 g/mol. The number of hydrogen-bond acceptors (Lipinski definition) is 6. The Labute approximate surface area is 241 Å². The van der Waals surface area contributed by atoms with Crippen LogP contribution in [0.2, 0.25) is 0 Å². The number of hydrogen-bond donors (Lipinski definition) is 4. The molecule has 5 rings (SSSR count). The predicted octanol–water partition coefficient (Wildman–Crippen LogP) is 3.89. The normalized spacial score (nSPS) is 18.3. The minimum atomic E-state index is -3.65. The van der Waals surface area contributed by atoms with Crippen LogP contribution in [0.3, 0.4) is 0 Å². The van der Waals surface area contributed by atoms with Crippen LogP contribution in [-0.2, 0) is 14.8 Å². The molecule has 8 nitrogen and oxygen atoms in total. The first kappa shape index (κ1) is 29.0. The largest absolute Gasteiger partial charge is 0.461 e. The highest BCUT2D eigenvalue weighted by Crippen LogP contribution is 2.36. The Morgan fingerprint density at radius 1 is 1.07 bits per heavy atom. The van der Waals surface area contributed by atoms with Gasteiger partial charge in [-0.15, -0.1) is 0 Å². The van der Waals surface area contributed by atoms with Gasteiger partial charge >= 0.3 is 0 Å². The SMILES string of the molecule is CCOCCCNS(=O)(=O)c1ccc(OC2=c3c(C4C=CC=C4)c4c(cc3=CC(C(C)(C)C)C2)C(=N)NC4=N)cc1. The number of rotatable bonds is 10. The zero-order valence-electron chi connectivity index (χ0n) is 24.0. The molecule has 9 heteroatoms. The molecule has 41 heavy (non-hydrogen) atoms. The van der Waals surface area contributed by atoms with Crippen LogP contribution >= 0.6 is 0 Å². The molecule has 4 N–H and O–H groups in total. The first-order valence-corrected chi connectivity index (χ1v) is 15.5. The molecule has 216 valence electrons. The van der Waals surface area contributed by atoms with E-state index in [1.165, 1.54) is 0 Å². The number of amidine groups is 2. The first-order chi connectivity index (χ1) is 19.5. The van der Waals surface area contributed by atoms with Crippen LogP contribution in [0.4, 0.5) is 0 Å². The number of benzene rings is 2. The summed E-state index contributed by atoms with van der Waals surface area (Å²) in [5, 5.41) is 22.0. The van der Waals surface area contributed by atoms with Crippen molar-refractivity contribution in [1.82, 2.24) is 10.0 Å². The van der Waals surface area contributed by atoms with Gasteiger partial charge in [-0.1, -0.05) is 51.2 Å². The Kier molecular flexibility index (Phi) is 8.05. The van der Waals surface area contributed by atoms with Crippen molar-refractivity contribution in [1.29, 1.82) is 10.8 Å². The minimum absolute atomic E-state index is 0.0388. The van der Waals surface area contributed by atoms with E-state index in [9.17, 15) is 8.42 Å². The summed E-state index contributed by atoms with van der Waals surface area (Å²) < 4.78 is 40.1. The number of fused-ring (bicyclic) bond motifs is 2. The van der Waals surface area contributed by atoms with E-state index in [0.717, 1.165) is 32.9 Å². The molecule has 0 radical (unpaired) electrons. The standard InChI is InChI=1S/C32H38N4O4S/c1-5-39-16-8-15-35-41(37,38)24-13-11-23(12-14-24)40-26-19-22(32(2,3)4)17-21-18-25-29(31(34)36-30(25)33)28(27(21)26)20-9-6-7-10-20/h6-7,9-14,17-18,20,22,35H,5,8,15-16,19H2,1-4H3,(H3,33,34,36). The topological polar surface area (TPSA) is 124 Å². The molecule has 1 heterocycles. The van der Waals surface area contributed by atoms with Gasteiger partial charge < -0.3 is 14.8 Å². The van der Waals surface area contributed by atoms with Gasteiger partial charge in [0, 0.05) is 48.4 Å². The van der Waals surface area contributed by atoms with Gasteiger partial charge in [-0.05, 0) is 65.8 Å². The quantitative estimate of drug-likeness (QED) is 0.321. The van der Waals surface area contributed by atoms with Crippen molar-refractivity contribution in [2.75, 3.05) is 19.8 Å². The summed E-state index contributed by atoms with van der Waals surface area (Å²) in [6, 6.07) is 8.50. The Hall–Kier alpha value is -3.53.